The van der Waals surface area contributed by atoms with Gasteiger partial charge in [-0.05, 0) is 17.7 Å². The smallest absolute Gasteiger partial charge is 0.423 e. The van der Waals surface area contributed by atoms with E-state index in [1.807, 2.05) is 0 Å². The van der Waals surface area contributed by atoms with E-state index in [2.05, 4.69) is 0 Å². The molecule has 0 aliphatic carbocycles. The Labute approximate surface area is 85.7 Å². The minimum absolute atomic E-state index is 0.0560. The van der Waals surface area contributed by atoms with Gasteiger partial charge in [-0.15, -0.1) is 0 Å². The van der Waals surface area contributed by atoms with Crippen molar-refractivity contribution in [3.05, 3.63) is 27.7 Å². The quantitative estimate of drug-likeness (QED) is 0.623. The number of aliphatic hydroxyl groups is 1. The van der Waals surface area contributed by atoms with Crippen molar-refractivity contribution in [3.63, 3.8) is 0 Å². The first-order valence-electron chi connectivity index (χ1n) is 3.51. The molecule has 13 heavy (non-hydrogen) atoms. The minimum Gasteiger partial charge on any atom is -0.423 e. The summed E-state index contributed by atoms with van der Waals surface area (Å²) in [6.45, 7) is -0.193. The molecule has 0 aliphatic heterocycles. The minimum atomic E-state index is -1.70. The average Bonchev–Trinajstić information content (AvgIpc) is 2.02. The molecule has 0 amide bonds. The van der Waals surface area contributed by atoms with E-state index in [1.54, 1.807) is 0 Å². The number of hydrogen-bond acceptors (Lipinski definition) is 3. The van der Waals surface area contributed by atoms with Crippen LogP contribution in [-0.2, 0) is 6.61 Å². The second-order valence-electron chi connectivity index (χ2n) is 2.50. The number of hydrogen-bond donors (Lipinski definition) is 3. The van der Waals surface area contributed by atoms with Crippen molar-refractivity contribution in [2.75, 3.05) is 0 Å². The lowest BCUT2D eigenvalue weighted by molar-refractivity contribution is 0.282. The van der Waals surface area contributed by atoms with Crippen molar-refractivity contribution < 1.29 is 15.2 Å². The van der Waals surface area contributed by atoms with E-state index in [1.165, 1.54) is 12.1 Å². The lowest BCUT2D eigenvalue weighted by atomic mass is 9.80. The third kappa shape index (κ3) is 2.36. The predicted octanol–water partition coefficient (Wildman–Crippen LogP) is 0.166. The summed E-state index contributed by atoms with van der Waals surface area (Å²) in [5.74, 6) is 0. The highest BCUT2D eigenvalue weighted by atomic mass is 35.5. The van der Waals surface area contributed by atoms with Gasteiger partial charge in [0.1, 0.15) is 0 Å². The Morgan fingerprint density at radius 2 is 1.62 bits per heavy atom. The molecule has 0 unspecified atom stereocenters. The summed E-state index contributed by atoms with van der Waals surface area (Å²) in [4.78, 5) is 0. The van der Waals surface area contributed by atoms with Gasteiger partial charge in [0.25, 0.3) is 0 Å². The zero-order valence-corrected chi connectivity index (χ0v) is 8.05. The molecule has 0 aliphatic rings. The average molecular weight is 221 g/mol. The van der Waals surface area contributed by atoms with Crippen LogP contribution in [0, 0.1) is 0 Å². The standard InChI is InChI=1S/C7H7BCl2O3/c9-5-1-4(3-11)2-6(10)7(5)8(12)13/h1-2,11-13H,3H2. The van der Waals surface area contributed by atoms with E-state index in [-0.39, 0.29) is 22.1 Å². The van der Waals surface area contributed by atoms with E-state index in [4.69, 9.17) is 38.4 Å². The summed E-state index contributed by atoms with van der Waals surface area (Å²) in [7, 11) is -1.70. The Morgan fingerprint density at radius 1 is 1.15 bits per heavy atom. The Hall–Kier alpha value is -0.255. The maximum atomic E-state index is 8.87. The van der Waals surface area contributed by atoms with Crippen LogP contribution in [0.5, 0.6) is 0 Å². The van der Waals surface area contributed by atoms with E-state index >= 15 is 0 Å². The van der Waals surface area contributed by atoms with Gasteiger partial charge in [0.15, 0.2) is 0 Å². The maximum Gasteiger partial charge on any atom is 0.491 e. The van der Waals surface area contributed by atoms with Gasteiger partial charge < -0.3 is 15.2 Å². The molecule has 1 aromatic rings. The molecular weight excluding hydrogens is 214 g/mol. The largest absolute Gasteiger partial charge is 0.491 e. The molecule has 0 saturated heterocycles. The molecular formula is C7H7BCl2O3. The van der Waals surface area contributed by atoms with E-state index in [0.717, 1.165) is 0 Å². The van der Waals surface area contributed by atoms with Crippen molar-refractivity contribution in [2.45, 2.75) is 6.61 Å². The topological polar surface area (TPSA) is 60.7 Å². The van der Waals surface area contributed by atoms with Gasteiger partial charge >= 0.3 is 7.12 Å². The molecule has 3 nitrogen and oxygen atoms in total. The molecule has 70 valence electrons. The molecule has 0 saturated carbocycles. The molecule has 1 aromatic carbocycles. The van der Waals surface area contributed by atoms with E-state index in [0.29, 0.717) is 5.56 Å². The zero-order valence-electron chi connectivity index (χ0n) is 6.54. The van der Waals surface area contributed by atoms with Gasteiger partial charge in [-0.25, -0.2) is 0 Å². The van der Waals surface area contributed by atoms with Crippen LogP contribution in [-0.4, -0.2) is 22.3 Å². The lowest BCUT2D eigenvalue weighted by Gasteiger charge is -2.07. The van der Waals surface area contributed by atoms with Gasteiger partial charge in [0, 0.05) is 15.5 Å². The molecule has 0 fully saturated rings. The SMILES string of the molecule is OCc1cc(Cl)c(B(O)O)c(Cl)c1. The van der Waals surface area contributed by atoms with Gasteiger partial charge in [-0.1, -0.05) is 23.2 Å². The van der Waals surface area contributed by atoms with Gasteiger partial charge in [-0.3, -0.25) is 0 Å². The summed E-state index contributed by atoms with van der Waals surface area (Å²) in [6.07, 6.45) is 0. The molecule has 1 rings (SSSR count). The van der Waals surface area contributed by atoms with Crippen molar-refractivity contribution in [1.29, 1.82) is 0 Å². The molecule has 0 atom stereocenters. The van der Waals surface area contributed by atoms with Crippen molar-refractivity contribution in [3.8, 4) is 0 Å². The molecule has 0 spiro atoms. The van der Waals surface area contributed by atoms with Crippen LogP contribution in [0.1, 0.15) is 5.56 Å². The number of rotatable bonds is 2. The fourth-order valence-corrected chi connectivity index (χ4v) is 1.70. The van der Waals surface area contributed by atoms with Crippen LogP contribution in [0.4, 0.5) is 0 Å². The highest BCUT2D eigenvalue weighted by Gasteiger charge is 2.19. The first kappa shape index (κ1) is 10.8. The highest BCUT2D eigenvalue weighted by molar-refractivity contribution is 6.66. The van der Waals surface area contributed by atoms with Crippen LogP contribution in [0.25, 0.3) is 0 Å². The first-order valence-corrected chi connectivity index (χ1v) is 4.26. The van der Waals surface area contributed by atoms with Crippen LogP contribution < -0.4 is 5.46 Å². The van der Waals surface area contributed by atoms with Crippen LogP contribution in [0.15, 0.2) is 12.1 Å². The number of benzene rings is 1. The third-order valence-corrected chi connectivity index (χ3v) is 2.21. The van der Waals surface area contributed by atoms with Gasteiger partial charge in [-0.2, -0.15) is 0 Å². The molecule has 6 heteroatoms. The van der Waals surface area contributed by atoms with Crippen LogP contribution in [0.2, 0.25) is 10.0 Å². The van der Waals surface area contributed by atoms with Crippen molar-refractivity contribution in [2.24, 2.45) is 0 Å². The second kappa shape index (κ2) is 4.31. The molecule has 0 bridgehead atoms. The molecule has 0 radical (unpaired) electrons. The molecule has 3 N–H and O–H groups in total. The summed E-state index contributed by atoms with van der Waals surface area (Å²) in [5.41, 5.74) is 0.583. The predicted molar refractivity (Wildman–Crippen MR) is 52.2 cm³/mol. The molecule has 0 aromatic heterocycles. The summed E-state index contributed by atoms with van der Waals surface area (Å²) < 4.78 is 0. The number of halogens is 2. The summed E-state index contributed by atoms with van der Waals surface area (Å²) in [5, 5.41) is 26.8. The van der Waals surface area contributed by atoms with Crippen molar-refractivity contribution >= 4 is 35.8 Å². The lowest BCUT2D eigenvalue weighted by Crippen LogP contribution is -2.32. The Kier molecular flexibility index (Phi) is 3.59. The Morgan fingerprint density at radius 3 is 1.92 bits per heavy atom. The number of aliphatic hydroxyl groups excluding tert-OH is 1. The van der Waals surface area contributed by atoms with Crippen molar-refractivity contribution in [1.82, 2.24) is 0 Å². The van der Waals surface area contributed by atoms with Gasteiger partial charge in [0.2, 0.25) is 0 Å². The molecule has 0 heterocycles. The normalized spacial score (nSPS) is 10.2. The first-order chi connectivity index (χ1) is 6.06. The van der Waals surface area contributed by atoms with E-state index < -0.39 is 7.12 Å². The van der Waals surface area contributed by atoms with E-state index in [9.17, 15) is 0 Å². The fraction of sp³-hybridized carbons (Fsp3) is 0.143. The second-order valence-corrected chi connectivity index (χ2v) is 3.32. The van der Waals surface area contributed by atoms with Crippen LogP contribution in [0.3, 0.4) is 0 Å². The maximum absolute atomic E-state index is 8.87. The van der Waals surface area contributed by atoms with Gasteiger partial charge in [0.05, 0.1) is 6.61 Å². The summed E-state index contributed by atoms with van der Waals surface area (Å²) >= 11 is 11.4. The third-order valence-electron chi connectivity index (χ3n) is 1.58. The van der Waals surface area contributed by atoms with Crippen LogP contribution >= 0.6 is 23.2 Å². The Balaban J connectivity index is 3.23. The zero-order chi connectivity index (χ0) is 10.0. The monoisotopic (exact) mass is 220 g/mol. The highest BCUT2D eigenvalue weighted by Crippen LogP contribution is 2.17. The fourth-order valence-electron chi connectivity index (χ4n) is 0.975. The Bertz CT molecular complexity index is 294. The summed E-state index contributed by atoms with van der Waals surface area (Å²) in [6, 6.07) is 2.87.